The summed E-state index contributed by atoms with van der Waals surface area (Å²) in [5.74, 6) is 2.54. The lowest BCUT2D eigenvalue weighted by atomic mass is 9.93. The first-order valence-electron chi connectivity index (χ1n) is 12.3. The molecule has 1 aliphatic rings. The normalized spacial score (nSPS) is 14.4. The zero-order valence-electron chi connectivity index (χ0n) is 21.2. The van der Waals surface area contributed by atoms with E-state index in [1.807, 2.05) is 36.3 Å². The molecule has 0 aliphatic carbocycles. The number of rotatable bonds is 10. The Hall–Kier alpha value is -4.85. The summed E-state index contributed by atoms with van der Waals surface area (Å²) in [5.41, 5.74) is 3.65. The molecule has 9 heteroatoms. The van der Waals surface area contributed by atoms with E-state index in [9.17, 15) is 14.7 Å². The van der Waals surface area contributed by atoms with Crippen molar-refractivity contribution in [3.8, 4) is 23.0 Å². The molecule has 0 amide bonds. The minimum absolute atomic E-state index is 0.00613. The molecule has 0 saturated heterocycles. The summed E-state index contributed by atoms with van der Waals surface area (Å²) in [4.78, 5) is 34.5. The van der Waals surface area contributed by atoms with Gasteiger partial charge in [0.15, 0.2) is 17.7 Å². The van der Waals surface area contributed by atoms with Crippen LogP contribution in [-0.4, -0.2) is 46.8 Å². The summed E-state index contributed by atoms with van der Waals surface area (Å²) in [7, 11) is 1.57. The van der Waals surface area contributed by atoms with Gasteiger partial charge in [0.1, 0.15) is 17.8 Å². The molecule has 0 saturated carbocycles. The highest BCUT2D eigenvalue weighted by molar-refractivity contribution is 5.91. The Balaban J connectivity index is 1.28. The fourth-order valence-electron chi connectivity index (χ4n) is 4.33. The van der Waals surface area contributed by atoms with E-state index in [2.05, 4.69) is 4.98 Å². The van der Waals surface area contributed by atoms with Crippen molar-refractivity contribution in [2.75, 3.05) is 13.7 Å². The molecule has 9 nitrogen and oxygen atoms in total. The quantitative estimate of drug-likeness (QED) is 0.297. The van der Waals surface area contributed by atoms with Crippen LogP contribution in [0.1, 0.15) is 22.4 Å². The van der Waals surface area contributed by atoms with Crippen LogP contribution in [0.3, 0.4) is 0 Å². The van der Waals surface area contributed by atoms with Gasteiger partial charge in [-0.3, -0.25) is 4.84 Å². The van der Waals surface area contributed by atoms with Crippen LogP contribution in [0.15, 0.2) is 83.5 Å². The van der Waals surface area contributed by atoms with Crippen molar-refractivity contribution in [2.45, 2.75) is 25.5 Å². The van der Waals surface area contributed by atoms with Crippen LogP contribution in [-0.2, 0) is 33.9 Å². The van der Waals surface area contributed by atoms with Crippen molar-refractivity contribution in [3.63, 3.8) is 0 Å². The van der Waals surface area contributed by atoms with Crippen LogP contribution in [0, 0.1) is 0 Å². The molecular formula is C30H26N2O7. The van der Waals surface area contributed by atoms with Gasteiger partial charge in [-0.2, -0.15) is 0 Å². The molecule has 1 atom stereocenters. The third-order valence-electron chi connectivity index (χ3n) is 6.36. The lowest BCUT2D eigenvalue weighted by Crippen LogP contribution is -2.44. The predicted molar refractivity (Wildman–Crippen MR) is 141 cm³/mol. The molecule has 0 bridgehead atoms. The lowest BCUT2D eigenvalue weighted by Gasteiger charge is -2.35. The van der Waals surface area contributed by atoms with Crippen molar-refractivity contribution in [3.05, 3.63) is 101 Å². The Morgan fingerprint density at radius 2 is 1.87 bits per heavy atom. The van der Waals surface area contributed by atoms with Crippen LogP contribution >= 0.6 is 0 Å². The summed E-state index contributed by atoms with van der Waals surface area (Å²) in [6, 6.07) is 20.9. The fraction of sp³-hybridized carbons (Fsp3) is 0.200. The molecule has 1 unspecified atom stereocenters. The van der Waals surface area contributed by atoms with E-state index < -0.39 is 12.0 Å². The van der Waals surface area contributed by atoms with E-state index in [0.717, 1.165) is 21.9 Å². The van der Waals surface area contributed by atoms with E-state index in [0.29, 0.717) is 41.5 Å². The number of hydrogen-bond acceptors (Lipinski definition) is 8. The third-order valence-corrected chi connectivity index (χ3v) is 6.36. The van der Waals surface area contributed by atoms with Gasteiger partial charge in [-0.1, -0.05) is 36.4 Å². The molecule has 0 fully saturated rings. The van der Waals surface area contributed by atoms with Gasteiger partial charge in [0.25, 0.3) is 0 Å². The molecule has 5 rings (SSSR count). The Morgan fingerprint density at radius 1 is 1.10 bits per heavy atom. The Bertz CT molecular complexity index is 1490. The van der Waals surface area contributed by atoms with Crippen molar-refractivity contribution >= 4 is 17.6 Å². The number of carbonyl (C=O) groups is 1. The number of hydroxylamine groups is 2. The van der Waals surface area contributed by atoms with Gasteiger partial charge in [0.05, 0.1) is 26.0 Å². The fourth-order valence-corrected chi connectivity index (χ4v) is 4.33. The van der Waals surface area contributed by atoms with Crippen LogP contribution in [0.2, 0.25) is 0 Å². The highest BCUT2D eigenvalue weighted by atomic mass is 16.7. The topological polar surface area (TPSA) is 111 Å². The van der Waals surface area contributed by atoms with Crippen LogP contribution in [0.4, 0.5) is 0 Å². The van der Waals surface area contributed by atoms with Gasteiger partial charge in [-0.15, -0.1) is 0 Å². The molecule has 198 valence electrons. The maximum atomic E-state index is 12.1. The van der Waals surface area contributed by atoms with Crippen molar-refractivity contribution in [1.82, 2.24) is 10.0 Å². The van der Waals surface area contributed by atoms with E-state index in [-0.39, 0.29) is 18.7 Å². The van der Waals surface area contributed by atoms with Crippen LogP contribution < -0.4 is 9.47 Å². The molecular weight excluding hydrogens is 500 g/mol. The van der Waals surface area contributed by atoms with Crippen molar-refractivity contribution in [1.29, 1.82) is 0 Å². The first-order chi connectivity index (χ1) is 19.1. The van der Waals surface area contributed by atoms with Gasteiger partial charge in [-0.25, -0.2) is 19.6 Å². The predicted octanol–water partition coefficient (Wildman–Crippen LogP) is 4.59. The molecule has 3 aromatic carbocycles. The average molecular weight is 527 g/mol. The zero-order chi connectivity index (χ0) is 27.2. The number of hydrogen-bond donors (Lipinski definition) is 1. The standard InChI is InChI=1S/C30H26N2O7/c1-36-24-10-7-20(8-11-24)18-39-32-27(30(34)35)15-22-9-12-25(16-26(22)28(32)17-33)37-14-13-23-19-38-29(31-23)21-5-3-2-4-6-21/h2-12,16,19,27H,13-15,18H2,1H3,(H,34,35). The number of carboxylic acids is 1. The number of aromatic nitrogens is 1. The summed E-state index contributed by atoms with van der Waals surface area (Å²) < 4.78 is 16.7. The summed E-state index contributed by atoms with van der Waals surface area (Å²) >= 11 is 0. The Morgan fingerprint density at radius 3 is 2.59 bits per heavy atom. The van der Waals surface area contributed by atoms with Crippen LogP contribution in [0.5, 0.6) is 11.5 Å². The average Bonchev–Trinajstić information content (AvgIpc) is 3.45. The SMILES string of the molecule is COc1ccc(CON2C(=C=O)c3cc(OCCc4coc(-c5ccccc5)n4)ccc3CC2C(=O)O)cc1. The molecule has 1 aromatic heterocycles. The van der Waals surface area contributed by atoms with Crippen molar-refractivity contribution < 1.29 is 33.4 Å². The van der Waals surface area contributed by atoms with E-state index >= 15 is 0 Å². The number of nitrogens with zero attached hydrogens (tertiary/aromatic N) is 2. The number of ether oxygens (including phenoxy) is 2. The number of carboxylic acid groups (broad SMARTS) is 1. The number of aliphatic carboxylic acids is 1. The summed E-state index contributed by atoms with van der Waals surface area (Å²) in [6.07, 6.45) is 2.28. The van der Waals surface area contributed by atoms with Gasteiger partial charge in [0, 0.05) is 24.0 Å². The second kappa shape index (κ2) is 11.7. The van der Waals surface area contributed by atoms with E-state index in [1.54, 1.807) is 55.8 Å². The highest BCUT2D eigenvalue weighted by Gasteiger charge is 2.36. The minimum atomic E-state index is -1.11. The maximum absolute atomic E-state index is 12.1. The van der Waals surface area contributed by atoms with Crippen LogP contribution in [0.25, 0.3) is 17.2 Å². The summed E-state index contributed by atoms with van der Waals surface area (Å²) in [6.45, 7) is 0.391. The number of benzene rings is 3. The third kappa shape index (κ3) is 5.85. The smallest absolute Gasteiger partial charge is 0.329 e. The number of carbonyl (C=O) groups excluding carboxylic acids is 1. The largest absolute Gasteiger partial charge is 0.497 e. The zero-order valence-corrected chi connectivity index (χ0v) is 21.2. The van der Waals surface area contributed by atoms with Gasteiger partial charge in [-0.05, 0) is 47.5 Å². The highest BCUT2D eigenvalue weighted by Crippen LogP contribution is 2.34. The van der Waals surface area contributed by atoms with Gasteiger partial charge < -0.3 is 19.0 Å². The second-order valence-corrected chi connectivity index (χ2v) is 8.88. The van der Waals surface area contributed by atoms with Crippen molar-refractivity contribution in [2.24, 2.45) is 0 Å². The van der Waals surface area contributed by atoms with Gasteiger partial charge in [0.2, 0.25) is 5.89 Å². The van der Waals surface area contributed by atoms with E-state index in [1.165, 1.54) is 0 Å². The second-order valence-electron chi connectivity index (χ2n) is 8.88. The number of oxazole rings is 1. The van der Waals surface area contributed by atoms with E-state index in [4.69, 9.17) is 18.7 Å². The molecule has 2 heterocycles. The first-order valence-corrected chi connectivity index (χ1v) is 12.3. The molecule has 1 N–H and O–H groups in total. The molecule has 4 aromatic rings. The molecule has 0 radical (unpaired) electrons. The lowest BCUT2D eigenvalue weighted by molar-refractivity contribution is -0.177. The van der Waals surface area contributed by atoms with Gasteiger partial charge >= 0.3 is 5.97 Å². The number of methoxy groups -OCH3 is 1. The minimum Gasteiger partial charge on any atom is -0.497 e. The first kappa shape index (κ1) is 25.8. The monoisotopic (exact) mass is 526 g/mol. The Labute approximate surface area is 224 Å². The molecule has 1 aliphatic heterocycles. The molecule has 39 heavy (non-hydrogen) atoms. The molecule has 0 spiro atoms. The number of fused-ring (bicyclic) bond motifs is 1. The summed E-state index contributed by atoms with van der Waals surface area (Å²) in [5, 5.41) is 11.0. The Kier molecular flexibility index (Phi) is 7.73. The maximum Gasteiger partial charge on any atom is 0.329 e.